The van der Waals surface area contributed by atoms with E-state index in [2.05, 4.69) is 27.7 Å². The van der Waals surface area contributed by atoms with E-state index in [1.54, 1.807) is 24.3 Å². The van der Waals surface area contributed by atoms with Crippen molar-refractivity contribution in [2.75, 3.05) is 23.3 Å². The van der Waals surface area contributed by atoms with Crippen LogP contribution in [0.3, 0.4) is 0 Å². The molecule has 130 valence electrons. The number of rotatable bonds is 4. The minimum atomic E-state index is -0.147. The van der Waals surface area contributed by atoms with E-state index in [0.717, 1.165) is 25.9 Å². The van der Waals surface area contributed by atoms with Crippen LogP contribution in [-0.2, 0) is 4.79 Å². The summed E-state index contributed by atoms with van der Waals surface area (Å²) in [5.74, 6) is -0.240. The van der Waals surface area contributed by atoms with E-state index < -0.39 is 0 Å². The molecule has 0 saturated carbocycles. The molecule has 0 aromatic heterocycles. The van der Waals surface area contributed by atoms with Crippen molar-refractivity contribution in [1.82, 2.24) is 5.32 Å². The molecule has 1 aliphatic heterocycles. The van der Waals surface area contributed by atoms with Gasteiger partial charge in [0.1, 0.15) is 0 Å². The highest BCUT2D eigenvalue weighted by Crippen LogP contribution is 2.20. The van der Waals surface area contributed by atoms with Crippen molar-refractivity contribution < 1.29 is 9.59 Å². The molecule has 3 rings (SSSR count). The van der Waals surface area contributed by atoms with Crippen molar-refractivity contribution in [2.24, 2.45) is 0 Å². The lowest BCUT2D eigenvalue weighted by Gasteiger charge is -2.34. The molecule has 25 heavy (non-hydrogen) atoms. The Hall–Kier alpha value is -2.82. The molecule has 1 heterocycles. The largest absolute Gasteiger partial charge is 0.371 e. The van der Waals surface area contributed by atoms with Crippen LogP contribution in [0.4, 0.5) is 11.4 Å². The van der Waals surface area contributed by atoms with E-state index in [-0.39, 0.29) is 17.9 Å². The van der Waals surface area contributed by atoms with E-state index in [9.17, 15) is 9.59 Å². The smallest absolute Gasteiger partial charge is 0.251 e. The Labute approximate surface area is 148 Å². The summed E-state index contributed by atoms with van der Waals surface area (Å²) in [6.07, 6.45) is 1.85. The van der Waals surface area contributed by atoms with E-state index in [1.807, 2.05) is 18.2 Å². The number of hydrogen-bond acceptors (Lipinski definition) is 3. The molecule has 0 spiro atoms. The van der Waals surface area contributed by atoms with Gasteiger partial charge in [0.15, 0.2) is 0 Å². The quantitative estimate of drug-likeness (QED) is 0.901. The second-order valence-electron chi connectivity index (χ2n) is 6.33. The molecule has 0 aliphatic carbocycles. The topological polar surface area (TPSA) is 61.4 Å². The molecule has 2 amide bonds. The molecule has 1 fully saturated rings. The molecule has 1 saturated heterocycles. The number of anilines is 2. The van der Waals surface area contributed by atoms with Crippen LogP contribution in [0.15, 0.2) is 54.6 Å². The molecule has 0 atom stereocenters. The highest BCUT2D eigenvalue weighted by molar-refractivity contribution is 5.96. The number of carbonyl (C=O) groups is 2. The maximum absolute atomic E-state index is 12.5. The molecule has 0 unspecified atom stereocenters. The Morgan fingerprint density at radius 1 is 1.00 bits per heavy atom. The number of carbonyl (C=O) groups excluding carboxylic acids is 2. The molecular weight excluding hydrogens is 314 g/mol. The van der Waals surface area contributed by atoms with Gasteiger partial charge in [-0.25, -0.2) is 0 Å². The van der Waals surface area contributed by atoms with Crippen LogP contribution in [0.1, 0.15) is 30.1 Å². The summed E-state index contributed by atoms with van der Waals surface area (Å²) in [5.41, 5.74) is 2.44. The molecule has 5 heteroatoms. The van der Waals surface area contributed by atoms with Gasteiger partial charge in [0, 0.05) is 43.0 Å². The third-order valence-electron chi connectivity index (χ3n) is 4.40. The van der Waals surface area contributed by atoms with E-state index in [1.165, 1.54) is 12.6 Å². The molecular formula is C20H23N3O2. The molecule has 5 nitrogen and oxygen atoms in total. The van der Waals surface area contributed by atoms with E-state index >= 15 is 0 Å². The number of hydrogen-bond donors (Lipinski definition) is 2. The van der Waals surface area contributed by atoms with Gasteiger partial charge in [0.05, 0.1) is 0 Å². The first kappa shape index (κ1) is 17.0. The van der Waals surface area contributed by atoms with Crippen LogP contribution < -0.4 is 15.5 Å². The van der Waals surface area contributed by atoms with Gasteiger partial charge in [0.25, 0.3) is 5.91 Å². The Morgan fingerprint density at radius 2 is 1.72 bits per heavy atom. The van der Waals surface area contributed by atoms with Crippen molar-refractivity contribution in [3.05, 3.63) is 60.2 Å². The third kappa shape index (κ3) is 4.59. The number of amides is 2. The fraction of sp³-hybridized carbons (Fsp3) is 0.300. The summed E-state index contributed by atoms with van der Waals surface area (Å²) in [6, 6.07) is 17.5. The summed E-state index contributed by atoms with van der Waals surface area (Å²) in [5, 5.41) is 5.81. The average Bonchev–Trinajstić information content (AvgIpc) is 2.63. The van der Waals surface area contributed by atoms with Gasteiger partial charge in [-0.1, -0.05) is 24.3 Å². The van der Waals surface area contributed by atoms with Crippen LogP contribution in [0, 0.1) is 0 Å². The Bertz CT molecular complexity index is 738. The summed E-state index contributed by atoms with van der Waals surface area (Å²) >= 11 is 0. The lowest BCUT2D eigenvalue weighted by atomic mass is 10.0. The predicted molar refractivity (Wildman–Crippen MR) is 99.9 cm³/mol. The Kier molecular flexibility index (Phi) is 5.33. The van der Waals surface area contributed by atoms with Crippen LogP contribution >= 0.6 is 0 Å². The normalized spacial score (nSPS) is 14.8. The van der Waals surface area contributed by atoms with Gasteiger partial charge in [-0.2, -0.15) is 0 Å². The summed E-state index contributed by atoms with van der Waals surface area (Å²) in [6.45, 7) is 3.31. The summed E-state index contributed by atoms with van der Waals surface area (Å²) in [4.78, 5) is 26.0. The average molecular weight is 337 g/mol. The highest BCUT2D eigenvalue weighted by Gasteiger charge is 2.21. The number of nitrogens with zero attached hydrogens (tertiary/aromatic N) is 1. The van der Waals surface area contributed by atoms with Crippen molar-refractivity contribution in [3.8, 4) is 0 Å². The summed E-state index contributed by atoms with van der Waals surface area (Å²) < 4.78 is 0. The van der Waals surface area contributed by atoms with Gasteiger partial charge in [-0.05, 0) is 43.2 Å². The van der Waals surface area contributed by atoms with Crippen molar-refractivity contribution >= 4 is 23.2 Å². The third-order valence-corrected chi connectivity index (χ3v) is 4.40. The first-order valence-corrected chi connectivity index (χ1v) is 8.60. The van der Waals surface area contributed by atoms with Gasteiger partial charge >= 0.3 is 0 Å². The zero-order valence-corrected chi connectivity index (χ0v) is 14.4. The van der Waals surface area contributed by atoms with Gasteiger partial charge in [-0.3, -0.25) is 9.59 Å². The molecule has 0 radical (unpaired) electrons. The van der Waals surface area contributed by atoms with Gasteiger partial charge in [0.2, 0.25) is 5.91 Å². The van der Waals surface area contributed by atoms with E-state index in [0.29, 0.717) is 11.3 Å². The highest BCUT2D eigenvalue weighted by atomic mass is 16.2. The number of piperidine rings is 1. The predicted octanol–water partition coefficient (Wildman–Crippen LogP) is 3.04. The zero-order valence-electron chi connectivity index (χ0n) is 14.4. The second kappa shape index (κ2) is 7.83. The standard InChI is InChI=1S/C20H23N3O2/c1-15(24)21-18-7-5-6-16(14-18)20(25)22-17-10-12-23(13-11-17)19-8-3-2-4-9-19/h2-9,14,17H,10-13H2,1H3,(H,21,24)(H,22,25). The first-order valence-electron chi connectivity index (χ1n) is 8.60. The first-order chi connectivity index (χ1) is 12.1. The number of benzene rings is 2. The van der Waals surface area contributed by atoms with Crippen molar-refractivity contribution in [3.63, 3.8) is 0 Å². The maximum Gasteiger partial charge on any atom is 0.251 e. The Balaban J connectivity index is 1.55. The van der Waals surface area contributed by atoms with Crippen LogP contribution in [0.5, 0.6) is 0 Å². The second-order valence-corrected chi connectivity index (χ2v) is 6.33. The van der Waals surface area contributed by atoms with Crippen LogP contribution in [0.25, 0.3) is 0 Å². The fourth-order valence-corrected chi connectivity index (χ4v) is 3.13. The number of para-hydroxylation sites is 1. The Morgan fingerprint density at radius 3 is 2.40 bits per heavy atom. The molecule has 1 aliphatic rings. The monoisotopic (exact) mass is 337 g/mol. The lowest BCUT2D eigenvalue weighted by molar-refractivity contribution is -0.114. The van der Waals surface area contributed by atoms with E-state index in [4.69, 9.17) is 0 Å². The minimum Gasteiger partial charge on any atom is -0.371 e. The SMILES string of the molecule is CC(=O)Nc1cccc(C(=O)NC2CCN(c3ccccc3)CC2)c1. The zero-order chi connectivity index (χ0) is 17.6. The van der Waals surface area contributed by atoms with Crippen LogP contribution in [0.2, 0.25) is 0 Å². The van der Waals surface area contributed by atoms with Crippen molar-refractivity contribution in [1.29, 1.82) is 0 Å². The lowest BCUT2D eigenvalue weighted by Crippen LogP contribution is -2.44. The molecule has 2 aromatic rings. The summed E-state index contributed by atoms with van der Waals surface area (Å²) in [7, 11) is 0. The maximum atomic E-state index is 12.5. The van der Waals surface area contributed by atoms with Crippen LogP contribution in [-0.4, -0.2) is 30.9 Å². The van der Waals surface area contributed by atoms with Gasteiger partial charge in [-0.15, -0.1) is 0 Å². The molecule has 0 bridgehead atoms. The number of nitrogens with one attached hydrogen (secondary N) is 2. The van der Waals surface area contributed by atoms with Gasteiger partial charge < -0.3 is 15.5 Å². The molecule has 2 N–H and O–H groups in total. The fourth-order valence-electron chi connectivity index (χ4n) is 3.13. The molecule has 2 aromatic carbocycles. The minimum absolute atomic E-state index is 0.0923. The van der Waals surface area contributed by atoms with Crippen molar-refractivity contribution in [2.45, 2.75) is 25.8 Å².